The summed E-state index contributed by atoms with van der Waals surface area (Å²) in [4.78, 5) is 25.7. The van der Waals surface area contributed by atoms with Crippen LogP contribution < -0.4 is 10.6 Å². The number of benzene rings is 1. The molecule has 3 heterocycles. The minimum absolute atomic E-state index is 0.104. The molecule has 1 amide bonds. The van der Waals surface area contributed by atoms with Crippen molar-refractivity contribution in [3.63, 3.8) is 0 Å². The summed E-state index contributed by atoms with van der Waals surface area (Å²) in [5.74, 6) is 1.07. The van der Waals surface area contributed by atoms with E-state index in [1.807, 2.05) is 53.4 Å². The van der Waals surface area contributed by atoms with Gasteiger partial charge in [-0.15, -0.1) is 0 Å². The van der Waals surface area contributed by atoms with Crippen molar-refractivity contribution in [2.24, 2.45) is 0 Å². The molecule has 1 aliphatic rings. The van der Waals surface area contributed by atoms with Crippen LogP contribution in [0.5, 0.6) is 0 Å². The molecule has 1 aliphatic heterocycles. The Morgan fingerprint density at radius 3 is 2.62 bits per heavy atom. The van der Waals surface area contributed by atoms with Crippen molar-refractivity contribution in [1.82, 2.24) is 14.9 Å². The highest BCUT2D eigenvalue weighted by molar-refractivity contribution is 5.89. The monoisotopic (exact) mass is 347 g/mol. The van der Waals surface area contributed by atoms with Gasteiger partial charge in [-0.1, -0.05) is 24.3 Å². The number of hydrogen-bond acceptors (Lipinski definition) is 5. The summed E-state index contributed by atoms with van der Waals surface area (Å²) >= 11 is 0. The maximum atomic E-state index is 12.7. The number of hydrogen-bond donors (Lipinski definition) is 1. The molecular weight excluding hydrogens is 326 g/mol. The van der Waals surface area contributed by atoms with Crippen molar-refractivity contribution < 1.29 is 4.79 Å². The number of aromatic nitrogens is 2. The number of nitrogen functional groups attached to an aromatic ring is 1. The highest BCUT2D eigenvalue weighted by Gasteiger charge is 2.22. The Kier molecular flexibility index (Phi) is 4.39. The first kappa shape index (κ1) is 16.3. The lowest BCUT2D eigenvalue weighted by molar-refractivity contribution is -0.130. The molecular formula is C20H21N5O. The van der Waals surface area contributed by atoms with Gasteiger partial charge in [-0.25, -0.2) is 4.98 Å². The topological polar surface area (TPSA) is 75.4 Å². The number of rotatable bonds is 3. The molecule has 1 fully saturated rings. The van der Waals surface area contributed by atoms with E-state index in [0.29, 0.717) is 25.2 Å². The third kappa shape index (κ3) is 3.31. The Morgan fingerprint density at radius 1 is 1.00 bits per heavy atom. The number of nitrogens with zero attached hydrogens (tertiary/aromatic N) is 4. The first-order chi connectivity index (χ1) is 12.7. The normalized spacial score (nSPS) is 14.6. The number of amides is 1. The van der Waals surface area contributed by atoms with E-state index >= 15 is 0 Å². The van der Waals surface area contributed by atoms with Crippen LogP contribution in [0.2, 0.25) is 0 Å². The van der Waals surface area contributed by atoms with E-state index in [2.05, 4.69) is 14.9 Å². The zero-order valence-electron chi connectivity index (χ0n) is 14.5. The summed E-state index contributed by atoms with van der Waals surface area (Å²) in [6, 6.07) is 15.5. The molecule has 1 saturated heterocycles. The zero-order chi connectivity index (χ0) is 17.9. The molecule has 0 aliphatic carbocycles. The summed E-state index contributed by atoms with van der Waals surface area (Å²) in [6.07, 6.45) is 2.10. The predicted octanol–water partition coefficient (Wildman–Crippen LogP) is 2.10. The summed E-state index contributed by atoms with van der Waals surface area (Å²) in [5, 5.41) is 0.991. The molecule has 0 unspecified atom stereocenters. The SMILES string of the molecule is Nc1cccc2ccc(CC(=O)N3CCN(c4ccccn4)CC3)nc12. The van der Waals surface area contributed by atoms with Crippen LogP contribution in [0, 0.1) is 0 Å². The van der Waals surface area contributed by atoms with Crippen LogP contribution in [0.1, 0.15) is 5.69 Å². The summed E-state index contributed by atoms with van der Waals surface area (Å²) in [5.41, 5.74) is 8.16. The van der Waals surface area contributed by atoms with Crippen LogP contribution in [0.4, 0.5) is 11.5 Å². The number of para-hydroxylation sites is 1. The van der Waals surface area contributed by atoms with E-state index < -0.39 is 0 Å². The lowest BCUT2D eigenvalue weighted by Gasteiger charge is -2.35. The molecule has 6 nitrogen and oxygen atoms in total. The Hall–Kier alpha value is -3.15. The summed E-state index contributed by atoms with van der Waals surface area (Å²) in [6.45, 7) is 2.98. The predicted molar refractivity (Wildman–Crippen MR) is 103 cm³/mol. The van der Waals surface area contributed by atoms with Crippen LogP contribution in [-0.4, -0.2) is 47.0 Å². The van der Waals surface area contributed by atoms with Crippen LogP contribution in [-0.2, 0) is 11.2 Å². The number of fused-ring (bicyclic) bond motifs is 1. The molecule has 4 rings (SSSR count). The van der Waals surface area contributed by atoms with Crippen LogP contribution in [0.25, 0.3) is 10.9 Å². The molecule has 0 bridgehead atoms. The van der Waals surface area contributed by atoms with E-state index in [1.165, 1.54) is 0 Å². The minimum Gasteiger partial charge on any atom is -0.397 e. The van der Waals surface area contributed by atoms with Crippen molar-refractivity contribution in [3.8, 4) is 0 Å². The van der Waals surface area contributed by atoms with Gasteiger partial charge >= 0.3 is 0 Å². The average Bonchev–Trinajstić information content (AvgIpc) is 2.69. The Morgan fingerprint density at radius 2 is 1.85 bits per heavy atom. The standard InChI is InChI=1S/C20H21N5O/c21-17-5-3-4-15-7-8-16(23-20(15)17)14-19(26)25-12-10-24(11-13-25)18-6-1-2-9-22-18/h1-9H,10-14,21H2. The van der Waals surface area contributed by atoms with Gasteiger partial charge in [0.05, 0.1) is 23.3 Å². The molecule has 26 heavy (non-hydrogen) atoms. The molecule has 2 aromatic heterocycles. The van der Waals surface area contributed by atoms with Gasteiger partial charge in [-0.2, -0.15) is 0 Å². The molecule has 0 atom stereocenters. The van der Waals surface area contributed by atoms with Gasteiger partial charge in [0.15, 0.2) is 0 Å². The van der Waals surface area contributed by atoms with Crippen molar-refractivity contribution >= 4 is 28.3 Å². The molecule has 0 spiro atoms. The van der Waals surface area contributed by atoms with Gasteiger partial charge in [0.2, 0.25) is 5.91 Å². The zero-order valence-corrected chi connectivity index (χ0v) is 14.5. The first-order valence-corrected chi connectivity index (χ1v) is 8.78. The third-order valence-electron chi connectivity index (χ3n) is 4.75. The van der Waals surface area contributed by atoms with E-state index in [-0.39, 0.29) is 5.91 Å². The summed E-state index contributed by atoms with van der Waals surface area (Å²) in [7, 11) is 0. The molecule has 1 aromatic carbocycles. The number of piperazine rings is 1. The Balaban J connectivity index is 1.41. The molecule has 2 N–H and O–H groups in total. The average molecular weight is 347 g/mol. The number of carbonyl (C=O) groups excluding carboxylic acids is 1. The highest BCUT2D eigenvalue weighted by Crippen LogP contribution is 2.19. The Bertz CT molecular complexity index is 920. The van der Waals surface area contributed by atoms with Crippen molar-refractivity contribution in [2.45, 2.75) is 6.42 Å². The van der Waals surface area contributed by atoms with Crippen LogP contribution in [0.15, 0.2) is 54.7 Å². The van der Waals surface area contributed by atoms with Gasteiger partial charge in [0.1, 0.15) is 5.82 Å². The number of pyridine rings is 2. The van der Waals surface area contributed by atoms with Crippen molar-refractivity contribution in [2.75, 3.05) is 36.8 Å². The van der Waals surface area contributed by atoms with Crippen molar-refractivity contribution in [3.05, 3.63) is 60.4 Å². The molecule has 3 aromatic rings. The second kappa shape index (κ2) is 7.00. The quantitative estimate of drug-likeness (QED) is 0.735. The molecule has 132 valence electrons. The fourth-order valence-electron chi connectivity index (χ4n) is 3.30. The fraction of sp³-hybridized carbons (Fsp3) is 0.250. The lowest BCUT2D eigenvalue weighted by Crippen LogP contribution is -2.49. The largest absolute Gasteiger partial charge is 0.397 e. The van der Waals surface area contributed by atoms with E-state index in [4.69, 9.17) is 5.73 Å². The number of carbonyl (C=O) groups is 1. The molecule has 0 radical (unpaired) electrons. The minimum atomic E-state index is 0.104. The van der Waals surface area contributed by atoms with Gasteiger partial charge in [-0.3, -0.25) is 9.78 Å². The first-order valence-electron chi connectivity index (χ1n) is 8.78. The van der Waals surface area contributed by atoms with E-state index in [1.54, 1.807) is 6.20 Å². The number of nitrogens with two attached hydrogens (primary N) is 1. The second-order valence-corrected chi connectivity index (χ2v) is 6.45. The van der Waals surface area contributed by atoms with Gasteiger partial charge < -0.3 is 15.5 Å². The van der Waals surface area contributed by atoms with E-state index in [0.717, 1.165) is 35.5 Å². The molecule has 0 saturated carbocycles. The molecule has 6 heteroatoms. The maximum Gasteiger partial charge on any atom is 0.228 e. The summed E-state index contributed by atoms with van der Waals surface area (Å²) < 4.78 is 0. The smallest absolute Gasteiger partial charge is 0.228 e. The second-order valence-electron chi connectivity index (χ2n) is 6.45. The van der Waals surface area contributed by atoms with Gasteiger partial charge in [0, 0.05) is 37.8 Å². The Labute approximate surface area is 152 Å². The maximum absolute atomic E-state index is 12.7. The third-order valence-corrected chi connectivity index (χ3v) is 4.75. The number of anilines is 2. The van der Waals surface area contributed by atoms with Crippen LogP contribution in [0.3, 0.4) is 0 Å². The van der Waals surface area contributed by atoms with Crippen molar-refractivity contribution in [1.29, 1.82) is 0 Å². The van der Waals surface area contributed by atoms with E-state index in [9.17, 15) is 4.79 Å². The lowest BCUT2D eigenvalue weighted by atomic mass is 10.1. The fourth-order valence-corrected chi connectivity index (χ4v) is 3.30. The van der Waals surface area contributed by atoms with Gasteiger partial charge in [0.25, 0.3) is 0 Å². The van der Waals surface area contributed by atoms with Crippen LogP contribution >= 0.6 is 0 Å². The van der Waals surface area contributed by atoms with Gasteiger partial charge in [-0.05, 0) is 24.3 Å². The highest BCUT2D eigenvalue weighted by atomic mass is 16.2.